The molecule has 0 bridgehead atoms. The van der Waals surface area contributed by atoms with Crippen LogP contribution in [0.25, 0.3) is 0 Å². The first-order valence-electron chi connectivity index (χ1n) is 8.15. The third kappa shape index (κ3) is 17.7. The van der Waals surface area contributed by atoms with Crippen LogP contribution in [0.1, 0.15) is 65.2 Å². The summed E-state index contributed by atoms with van der Waals surface area (Å²) < 4.78 is 62.6. The number of aliphatic hydroxyl groups excluding tert-OH is 2. The number of hydrogen-bond acceptors (Lipinski definition) is 8. The number of aliphatic hydroxyl groups is 2. The Morgan fingerprint density at radius 2 is 1.00 bits per heavy atom. The molecule has 0 saturated heterocycles. The quantitative estimate of drug-likeness (QED) is 0.266. The Bertz CT molecular complexity index is 447. The van der Waals surface area contributed by atoms with Crippen molar-refractivity contribution in [3.8, 4) is 0 Å². The van der Waals surface area contributed by atoms with Crippen molar-refractivity contribution in [1.82, 2.24) is 0 Å². The van der Waals surface area contributed by atoms with E-state index in [1.165, 1.54) is 0 Å². The maximum atomic E-state index is 10.4. The molecule has 0 aromatic heterocycles. The van der Waals surface area contributed by atoms with Gasteiger partial charge in [0.1, 0.15) is 0 Å². The standard InChI is InChI=1S/2C7H16O4S.Mg/c2*1-2-3-4-5-7(6-8)12(9,10)11;/h2*7-8H,2-6H2,1H3,(H,9,10,11);/q;;+2/p-2. The first-order chi connectivity index (χ1) is 11.0. The van der Waals surface area contributed by atoms with Gasteiger partial charge in [-0.25, -0.2) is 16.8 Å². The van der Waals surface area contributed by atoms with Gasteiger partial charge in [0, 0.05) is 0 Å². The predicted molar refractivity (Wildman–Crippen MR) is 95.2 cm³/mol. The van der Waals surface area contributed by atoms with Gasteiger partial charge in [-0.15, -0.1) is 0 Å². The van der Waals surface area contributed by atoms with Gasteiger partial charge in [0.25, 0.3) is 0 Å². The normalized spacial score (nSPS) is 14.0. The zero-order valence-electron chi connectivity index (χ0n) is 15.1. The third-order valence-electron chi connectivity index (χ3n) is 3.48. The van der Waals surface area contributed by atoms with Crippen molar-refractivity contribution in [1.29, 1.82) is 0 Å². The largest absolute Gasteiger partial charge is 2.00 e. The Balaban J connectivity index is -0.000000372. The molecule has 0 aromatic rings. The summed E-state index contributed by atoms with van der Waals surface area (Å²) in [7, 11) is -8.59. The van der Waals surface area contributed by atoms with Gasteiger partial charge in [-0.05, 0) is 12.8 Å². The number of rotatable bonds is 12. The average molecular weight is 415 g/mol. The Morgan fingerprint density at radius 3 is 1.16 bits per heavy atom. The van der Waals surface area contributed by atoms with E-state index in [0.29, 0.717) is 12.8 Å². The Kier molecular flexibility index (Phi) is 20.2. The molecule has 2 unspecified atom stereocenters. The van der Waals surface area contributed by atoms with E-state index < -0.39 is 43.9 Å². The van der Waals surface area contributed by atoms with Gasteiger partial charge in [0.2, 0.25) is 0 Å². The molecule has 0 aliphatic rings. The second-order valence-electron chi connectivity index (χ2n) is 5.59. The molecule has 0 fully saturated rings. The van der Waals surface area contributed by atoms with Crippen LogP contribution in [0.5, 0.6) is 0 Å². The maximum Gasteiger partial charge on any atom is 2.00 e. The molecule has 0 saturated carbocycles. The molecule has 2 N–H and O–H groups in total. The molecule has 0 amide bonds. The molecule has 0 rings (SSSR count). The molecule has 2 atom stereocenters. The monoisotopic (exact) mass is 414 g/mol. The van der Waals surface area contributed by atoms with Crippen LogP contribution in [0.3, 0.4) is 0 Å². The third-order valence-corrected chi connectivity index (χ3v) is 5.89. The fraction of sp³-hybridized carbons (Fsp3) is 1.00. The van der Waals surface area contributed by atoms with Crippen molar-refractivity contribution in [2.75, 3.05) is 13.2 Å². The van der Waals surface area contributed by atoms with Crippen LogP contribution in [-0.2, 0) is 20.2 Å². The number of unbranched alkanes of at least 4 members (excludes halogenated alkanes) is 4. The van der Waals surface area contributed by atoms with Crippen molar-refractivity contribution < 1.29 is 36.2 Å². The average Bonchev–Trinajstić information content (AvgIpc) is 2.46. The summed E-state index contributed by atoms with van der Waals surface area (Å²) in [4.78, 5) is 0. The molecule has 0 heterocycles. The van der Waals surface area contributed by atoms with Crippen molar-refractivity contribution in [3.63, 3.8) is 0 Å². The Labute approximate surface area is 168 Å². The van der Waals surface area contributed by atoms with E-state index in [2.05, 4.69) is 0 Å². The molecule has 0 aromatic carbocycles. The first-order valence-corrected chi connectivity index (χ1v) is 11.1. The van der Waals surface area contributed by atoms with Gasteiger partial charge in [-0.1, -0.05) is 52.4 Å². The van der Waals surface area contributed by atoms with Gasteiger partial charge >= 0.3 is 23.1 Å². The van der Waals surface area contributed by atoms with Crippen LogP contribution in [0.2, 0.25) is 0 Å². The van der Waals surface area contributed by atoms with Crippen LogP contribution >= 0.6 is 0 Å². The fourth-order valence-electron chi connectivity index (χ4n) is 1.90. The topological polar surface area (TPSA) is 155 Å². The van der Waals surface area contributed by atoms with Gasteiger partial charge in [0.15, 0.2) is 0 Å². The minimum absolute atomic E-state index is 0. The van der Waals surface area contributed by atoms with Crippen molar-refractivity contribution in [2.45, 2.75) is 75.7 Å². The minimum atomic E-state index is -4.30. The molecule has 148 valence electrons. The zero-order chi connectivity index (χ0) is 19.2. The minimum Gasteiger partial charge on any atom is -0.748 e. The maximum absolute atomic E-state index is 10.4. The number of hydrogen-bond donors (Lipinski definition) is 2. The molecule has 0 aliphatic heterocycles. The van der Waals surface area contributed by atoms with Crippen LogP contribution in [0.15, 0.2) is 0 Å². The molecule has 25 heavy (non-hydrogen) atoms. The van der Waals surface area contributed by atoms with Crippen LogP contribution in [0.4, 0.5) is 0 Å². The second kappa shape index (κ2) is 16.7. The van der Waals surface area contributed by atoms with Gasteiger partial charge in [0.05, 0.1) is 43.9 Å². The van der Waals surface area contributed by atoms with Gasteiger partial charge < -0.3 is 19.3 Å². The SMILES string of the molecule is CCCCCC(CO)S(=O)(=O)[O-].CCCCCC(CO)S(=O)(=O)[O-].[Mg+2]. The smallest absolute Gasteiger partial charge is 0.748 e. The summed E-state index contributed by atoms with van der Waals surface area (Å²) >= 11 is 0. The van der Waals surface area contributed by atoms with E-state index in [-0.39, 0.29) is 35.9 Å². The summed E-state index contributed by atoms with van der Waals surface area (Å²) in [5.41, 5.74) is 0. The van der Waals surface area contributed by atoms with Crippen molar-refractivity contribution >= 4 is 43.3 Å². The van der Waals surface area contributed by atoms with Crippen LogP contribution < -0.4 is 0 Å². The van der Waals surface area contributed by atoms with E-state index in [4.69, 9.17) is 10.2 Å². The molecular formula is C14H30MgO8S2. The summed E-state index contributed by atoms with van der Waals surface area (Å²) in [5.74, 6) is 0. The summed E-state index contributed by atoms with van der Waals surface area (Å²) in [6.45, 7) is 2.85. The molecule has 11 heteroatoms. The fourth-order valence-corrected chi connectivity index (χ4v) is 3.17. The van der Waals surface area contributed by atoms with Gasteiger partial charge in [-0.2, -0.15) is 0 Å². The molecule has 0 spiro atoms. The zero-order valence-corrected chi connectivity index (χ0v) is 18.1. The molecule has 0 aliphatic carbocycles. The van der Waals surface area contributed by atoms with Crippen LogP contribution in [-0.4, -0.2) is 82.9 Å². The van der Waals surface area contributed by atoms with E-state index in [0.717, 1.165) is 25.7 Å². The van der Waals surface area contributed by atoms with Gasteiger partial charge in [-0.3, -0.25) is 0 Å². The summed E-state index contributed by atoms with van der Waals surface area (Å²) in [6, 6.07) is 0. The van der Waals surface area contributed by atoms with Crippen molar-refractivity contribution in [2.24, 2.45) is 0 Å². The molecular weight excluding hydrogens is 385 g/mol. The van der Waals surface area contributed by atoms with Crippen LogP contribution in [0, 0.1) is 0 Å². The predicted octanol–water partition coefficient (Wildman–Crippen LogP) is 0.565. The van der Waals surface area contributed by atoms with E-state index in [1.807, 2.05) is 13.8 Å². The Hall–Kier alpha value is 0.506. The first kappa shape index (κ1) is 30.2. The van der Waals surface area contributed by atoms with Crippen molar-refractivity contribution in [3.05, 3.63) is 0 Å². The van der Waals surface area contributed by atoms with E-state index in [1.54, 1.807) is 0 Å². The summed E-state index contributed by atoms with van der Waals surface area (Å²) in [5, 5.41) is 14.9. The van der Waals surface area contributed by atoms with E-state index in [9.17, 15) is 25.9 Å². The van der Waals surface area contributed by atoms with E-state index >= 15 is 0 Å². The Morgan fingerprint density at radius 1 is 0.720 bits per heavy atom. The second-order valence-corrected chi connectivity index (χ2v) is 8.89. The summed E-state index contributed by atoms with van der Waals surface area (Å²) in [6.07, 6.45) is 5.64. The molecule has 8 nitrogen and oxygen atoms in total. The molecule has 0 radical (unpaired) electrons.